The van der Waals surface area contributed by atoms with Gasteiger partial charge in [0.2, 0.25) is 6.08 Å². The number of hydrogen-bond acceptors (Lipinski definition) is 2. The highest BCUT2D eigenvalue weighted by atomic mass is 16.1. The summed E-state index contributed by atoms with van der Waals surface area (Å²) >= 11 is 0. The van der Waals surface area contributed by atoms with Crippen LogP contribution in [0, 0.1) is 0 Å². The van der Waals surface area contributed by atoms with Crippen molar-refractivity contribution in [1.29, 1.82) is 0 Å². The summed E-state index contributed by atoms with van der Waals surface area (Å²) in [6.07, 6.45) is 3.61. The van der Waals surface area contributed by atoms with Crippen LogP contribution in [-0.4, -0.2) is 6.08 Å². The first kappa shape index (κ1) is 9.32. The summed E-state index contributed by atoms with van der Waals surface area (Å²) in [5, 5.41) is 2.42. The largest absolute Gasteiger partial charge is 0.235 e. The molecule has 0 aromatic heterocycles. The van der Waals surface area contributed by atoms with Crippen LogP contribution in [0.1, 0.15) is 18.4 Å². The van der Waals surface area contributed by atoms with Crippen LogP contribution in [0.4, 0.5) is 0 Å². The number of hydrogen-bond donors (Lipinski definition) is 0. The van der Waals surface area contributed by atoms with E-state index < -0.39 is 0 Å². The van der Waals surface area contributed by atoms with Gasteiger partial charge in [-0.15, -0.1) is 0 Å². The lowest BCUT2D eigenvalue weighted by molar-refractivity contribution is 0.556. The maximum Gasteiger partial charge on any atom is 0.235 e. The minimum Gasteiger partial charge on any atom is -0.211 e. The van der Waals surface area contributed by atoms with Gasteiger partial charge in [-0.1, -0.05) is 36.4 Å². The lowest BCUT2D eigenvalue weighted by atomic mass is 10.0. The Bertz CT molecular complexity index is 592. The molecule has 3 rings (SSSR count). The summed E-state index contributed by atoms with van der Waals surface area (Å²) in [5.41, 5.74) is 0.876. The molecule has 78 valence electrons. The average molecular weight is 209 g/mol. The molecule has 2 heteroatoms. The van der Waals surface area contributed by atoms with Crippen molar-refractivity contribution in [2.24, 2.45) is 4.99 Å². The molecule has 0 unspecified atom stereocenters. The molecule has 0 bridgehead atoms. The Morgan fingerprint density at radius 1 is 1.06 bits per heavy atom. The molecule has 1 aliphatic rings. The predicted octanol–water partition coefficient (Wildman–Crippen LogP) is 3.16. The summed E-state index contributed by atoms with van der Waals surface area (Å²) in [7, 11) is 0. The third-order valence-electron chi connectivity index (χ3n) is 3.27. The van der Waals surface area contributed by atoms with Crippen molar-refractivity contribution in [2.75, 3.05) is 0 Å². The number of isocyanates is 1. The maximum atomic E-state index is 10.4. The minimum atomic E-state index is -0.258. The smallest absolute Gasteiger partial charge is 0.211 e. The third kappa shape index (κ3) is 1.36. The minimum absolute atomic E-state index is 0.258. The van der Waals surface area contributed by atoms with E-state index in [0.717, 1.165) is 18.4 Å². The highest BCUT2D eigenvalue weighted by Gasteiger charge is 2.44. The Labute approximate surface area is 93.6 Å². The van der Waals surface area contributed by atoms with Crippen LogP contribution in [0.3, 0.4) is 0 Å². The number of nitrogens with zero attached hydrogens (tertiary/aromatic N) is 1. The molecule has 0 aliphatic heterocycles. The molecule has 1 aliphatic carbocycles. The van der Waals surface area contributed by atoms with E-state index in [9.17, 15) is 4.79 Å². The molecule has 0 radical (unpaired) electrons. The Kier molecular flexibility index (Phi) is 1.92. The molecule has 16 heavy (non-hydrogen) atoms. The Hall–Kier alpha value is -1.92. The molecule has 2 nitrogen and oxygen atoms in total. The van der Waals surface area contributed by atoms with Gasteiger partial charge < -0.3 is 0 Å². The summed E-state index contributed by atoms with van der Waals surface area (Å²) in [6, 6.07) is 14.5. The zero-order valence-electron chi connectivity index (χ0n) is 8.81. The number of benzene rings is 2. The van der Waals surface area contributed by atoms with Gasteiger partial charge >= 0.3 is 0 Å². The average Bonchev–Trinajstić information content (AvgIpc) is 3.10. The van der Waals surface area contributed by atoms with E-state index in [2.05, 4.69) is 35.3 Å². The zero-order valence-corrected chi connectivity index (χ0v) is 8.81. The van der Waals surface area contributed by atoms with Crippen LogP contribution in [-0.2, 0) is 10.3 Å². The van der Waals surface area contributed by atoms with Crippen LogP contribution in [0.25, 0.3) is 10.8 Å². The monoisotopic (exact) mass is 209 g/mol. The molecule has 2 aromatic rings. The van der Waals surface area contributed by atoms with Crippen molar-refractivity contribution in [3.8, 4) is 0 Å². The van der Waals surface area contributed by atoms with E-state index in [1.165, 1.54) is 10.8 Å². The molecule has 1 fully saturated rings. The second-order valence-corrected chi connectivity index (χ2v) is 4.30. The van der Waals surface area contributed by atoms with Crippen molar-refractivity contribution < 1.29 is 4.79 Å². The topological polar surface area (TPSA) is 29.4 Å². The van der Waals surface area contributed by atoms with Gasteiger partial charge in [-0.05, 0) is 35.2 Å². The number of fused-ring (bicyclic) bond motifs is 1. The molecular formula is C14H11NO. The van der Waals surface area contributed by atoms with Crippen LogP contribution in [0.15, 0.2) is 47.5 Å². The third-order valence-corrected chi connectivity index (χ3v) is 3.27. The summed E-state index contributed by atoms with van der Waals surface area (Å²) in [5.74, 6) is 0. The number of rotatable bonds is 2. The summed E-state index contributed by atoms with van der Waals surface area (Å²) in [6.45, 7) is 0. The lowest BCUT2D eigenvalue weighted by Crippen LogP contribution is -2.01. The first-order valence-electron chi connectivity index (χ1n) is 5.42. The molecule has 0 heterocycles. The van der Waals surface area contributed by atoms with E-state index in [1.807, 2.05) is 12.1 Å². The predicted molar refractivity (Wildman–Crippen MR) is 63.0 cm³/mol. The number of carbonyl (C=O) groups excluding carboxylic acids is 1. The summed E-state index contributed by atoms with van der Waals surface area (Å²) in [4.78, 5) is 14.3. The van der Waals surface area contributed by atoms with Gasteiger partial charge in [0.15, 0.2) is 0 Å². The van der Waals surface area contributed by atoms with Crippen LogP contribution >= 0.6 is 0 Å². The maximum absolute atomic E-state index is 10.4. The van der Waals surface area contributed by atoms with Gasteiger partial charge in [0.05, 0.1) is 5.54 Å². The fourth-order valence-corrected chi connectivity index (χ4v) is 2.15. The van der Waals surface area contributed by atoms with E-state index in [-0.39, 0.29) is 5.54 Å². The standard InChI is InChI=1S/C14H11NO/c16-10-15-14(7-8-14)13-6-5-11-3-1-2-4-12(11)9-13/h1-6,9H,7-8H2. The molecule has 2 aromatic carbocycles. The molecule has 0 N–H and O–H groups in total. The molecule has 0 saturated heterocycles. The zero-order chi connectivity index (χ0) is 11.0. The Balaban J connectivity index is 2.15. The van der Waals surface area contributed by atoms with E-state index >= 15 is 0 Å². The van der Waals surface area contributed by atoms with Gasteiger partial charge in [-0.2, -0.15) is 4.99 Å². The van der Waals surface area contributed by atoms with Gasteiger partial charge in [0, 0.05) is 0 Å². The second-order valence-electron chi connectivity index (χ2n) is 4.30. The summed E-state index contributed by atoms with van der Waals surface area (Å²) < 4.78 is 0. The molecule has 0 amide bonds. The van der Waals surface area contributed by atoms with Crippen LogP contribution < -0.4 is 0 Å². The fourth-order valence-electron chi connectivity index (χ4n) is 2.15. The Morgan fingerprint density at radius 3 is 2.50 bits per heavy atom. The van der Waals surface area contributed by atoms with Crippen LogP contribution in [0.2, 0.25) is 0 Å². The van der Waals surface area contributed by atoms with Crippen molar-refractivity contribution in [3.05, 3.63) is 48.0 Å². The fraction of sp³-hybridized carbons (Fsp3) is 0.214. The second kappa shape index (κ2) is 3.29. The SMILES string of the molecule is O=C=NC1(c2ccc3ccccc3c2)CC1. The van der Waals surface area contributed by atoms with Gasteiger partial charge in [-0.3, -0.25) is 0 Å². The quantitative estimate of drug-likeness (QED) is 0.551. The van der Waals surface area contributed by atoms with Crippen molar-refractivity contribution in [1.82, 2.24) is 0 Å². The van der Waals surface area contributed by atoms with Gasteiger partial charge in [0.25, 0.3) is 0 Å². The number of aliphatic imine (C=N–C) groups is 1. The van der Waals surface area contributed by atoms with E-state index in [0.29, 0.717) is 0 Å². The highest BCUT2D eigenvalue weighted by Crippen LogP contribution is 2.49. The van der Waals surface area contributed by atoms with Crippen molar-refractivity contribution >= 4 is 16.9 Å². The molecular weight excluding hydrogens is 198 g/mol. The normalized spacial score (nSPS) is 16.8. The van der Waals surface area contributed by atoms with E-state index in [4.69, 9.17) is 0 Å². The van der Waals surface area contributed by atoms with Crippen molar-refractivity contribution in [3.63, 3.8) is 0 Å². The molecule has 1 saturated carbocycles. The Morgan fingerprint density at radius 2 is 1.81 bits per heavy atom. The van der Waals surface area contributed by atoms with Crippen molar-refractivity contribution in [2.45, 2.75) is 18.4 Å². The first-order chi connectivity index (χ1) is 7.84. The molecule has 0 spiro atoms. The van der Waals surface area contributed by atoms with Crippen LogP contribution in [0.5, 0.6) is 0 Å². The first-order valence-corrected chi connectivity index (χ1v) is 5.42. The van der Waals surface area contributed by atoms with Gasteiger partial charge in [-0.25, -0.2) is 4.79 Å². The highest BCUT2D eigenvalue weighted by molar-refractivity contribution is 5.83. The molecule has 0 atom stereocenters. The van der Waals surface area contributed by atoms with E-state index in [1.54, 1.807) is 6.08 Å². The lowest BCUT2D eigenvalue weighted by Gasteiger charge is -2.09. The van der Waals surface area contributed by atoms with Gasteiger partial charge in [0.1, 0.15) is 0 Å².